The predicted octanol–water partition coefficient (Wildman–Crippen LogP) is 1.66. The molecule has 1 atom stereocenters. The van der Waals surface area contributed by atoms with E-state index in [1.165, 1.54) is 11.1 Å². The average Bonchev–Trinajstić information content (AvgIpc) is 2.80. The highest BCUT2D eigenvalue weighted by Gasteiger charge is 2.20. The second-order valence-corrected chi connectivity index (χ2v) is 8.58. The van der Waals surface area contributed by atoms with Gasteiger partial charge in [-0.1, -0.05) is 24.0 Å². The minimum atomic E-state index is -1.26. The van der Waals surface area contributed by atoms with Gasteiger partial charge in [0.05, 0.1) is 17.5 Å². The lowest BCUT2D eigenvalue weighted by Gasteiger charge is -2.24. The molecule has 176 valence electrons. The summed E-state index contributed by atoms with van der Waals surface area (Å²) in [5.74, 6) is 5.43. The summed E-state index contributed by atoms with van der Waals surface area (Å²) in [7, 11) is 3.24. The molecule has 0 radical (unpaired) electrons. The van der Waals surface area contributed by atoms with Gasteiger partial charge in [-0.15, -0.1) is 0 Å². The fourth-order valence-corrected chi connectivity index (χ4v) is 2.67. The molecule has 2 rings (SSSR count). The van der Waals surface area contributed by atoms with E-state index in [9.17, 15) is 14.7 Å². The largest absolute Gasteiger partial charge is 0.379 e. The molecule has 0 saturated heterocycles. The van der Waals surface area contributed by atoms with E-state index in [0.717, 1.165) is 0 Å². The van der Waals surface area contributed by atoms with Crippen molar-refractivity contribution in [1.29, 1.82) is 0 Å². The van der Waals surface area contributed by atoms with E-state index in [1.54, 1.807) is 45.3 Å². The number of carbonyl (C=O) groups is 2. The lowest BCUT2D eigenvalue weighted by Crippen LogP contribution is -2.33. The quantitative estimate of drug-likeness (QED) is 0.368. The Kier molecular flexibility index (Phi) is 8.51. The fraction of sp³-hybridized carbons (Fsp3) is 0.417. The minimum absolute atomic E-state index is 0.0746. The first-order chi connectivity index (χ1) is 15.5. The highest BCUT2D eigenvalue weighted by Crippen LogP contribution is 2.21. The zero-order valence-electron chi connectivity index (χ0n) is 19.7. The summed E-state index contributed by atoms with van der Waals surface area (Å²) in [6.45, 7) is 6.23. The molecule has 1 aromatic heterocycles. The number of aliphatic hydroxyl groups is 1. The number of aromatic nitrogens is 2. The predicted molar refractivity (Wildman–Crippen MR) is 126 cm³/mol. The van der Waals surface area contributed by atoms with Gasteiger partial charge in [0, 0.05) is 44.8 Å². The number of nitrogens with two attached hydrogens (primary N) is 1. The molecule has 2 amide bonds. The van der Waals surface area contributed by atoms with Crippen LogP contribution < -0.4 is 11.1 Å². The maximum atomic E-state index is 12.0. The Balaban J connectivity index is 2.27. The molecule has 1 aromatic carbocycles. The molecule has 0 aliphatic heterocycles. The molecule has 33 heavy (non-hydrogen) atoms. The number of benzene rings is 1. The van der Waals surface area contributed by atoms with E-state index in [2.05, 4.69) is 27.1 Å². The third-order valence-electron chi connectivity index (χ3n) is 5.01. The molecule has 0 bridgehead atoms. The van der Waals surface area contributed by atoms with Gasteiger partial charge in [-0.25, -0.2) is 9.97 Å². The molecule has 0 saturated carbocycles. The number of ether oxygens (including phenoxy) is 1. The lowest BCUT2D eigenvalue weighted by atomic mass is 10.0. The van der Waals surface area contributed by atoms with Crippen LogP contribution in [0.3, 0.4) is 0 Å². The molecule has 2 aromatic rings. The van der Waals surface area contributed by atoms with Crippen LogP contribution in [0.5, 0.6) is 0 Å². The SMILES string of the molecule is COC(C)(C)CNc1cnc(-c2cccc(C#CC(C)(O)CCN(C)C=O)c2)nc1C(N)=O. The zero-order valence-corrected chi connectivity index (χ0v) is 19.7. The van der Waals surface area contributed by atoms with Crippen molar-refractivity contribution in [2.24, 2.45) is 5.73 Å². The number of amides is 2. The fourth-order valence-electron chi connectivity index (χ4n) is 2.67. The summed E-state index contributed by atoms with van der Waals surface area (Å²) in [6.07, 6.45) is 2.53. The van der Waals surface area contributed by atoms with Crippen molar-refractivity contribution in [2.45, 2.75) is 38.4 Å². The molecular formula is C24H31N5O4. The normalized spacial score (nSPS) is 12.8. The van der Waals surface area contributed by atoms with Gasteiger partial charge in [-0.05, 0) is 32.9 Å². The molecule has 0 aliphatic carbocycles. The summed E-state index contributed by atoms with van der Waals surface area (Å²) >= 11 is 0. The molecule has 1 heterocycles. The number of nitrogens with one attached hydrogen (secondary N) is 1. The molecule has 0 fully saturated rings. The van der Waals surface area contributed by atoms with Gasteiger partial charge in [0.25, 0.3) is 5.91 Å². The van der Waals surface area contributed by atoms with Gasteiger partial charge in [0.15, 0.2) is 11.5 Å². The van der Waals surface area contributed by atoms with Gasteiger partial charge in [0.1, 0.15) is 5.60 Å². The number of hydrogen-bond acceptors (Lipinski definition) is 7. The molecule has 9 nitrogen and oxygen atoms in total. The molecule has 1 unspecified atom stereocenters. The van der Waals surface area contributed by atoms with Crippen molar-refractivity contribution in [3.63, 3.8) is 0 Å². The van der Waals surface area contributed by atoms with Crippen LogP contribution in [-0.4, -0.2) is 70.7 Å². The molecule has 9 heteroatoms. The minimum Gasteiger partial charge on any atom is -0.379 e. The first-order valence-electron chi connectivity index (χ1n) is 10.4. The van der Waals surface area contributed by atoms with Crippen LogP contribution in [0.1, 0.15) is 43.2 Å². The molecular weight excluding hydrogens is 422 g/mol. The summed E-state index contributed by atoms with van der Waals surface area (Å²) < 4.78 is 5.38. The standard InChI is InChI=1S/C24H31N5O4/c1-23(2,33-5)15-27-19-14-26-22(28-20(19)21(25)31)18-8-6-7-17(13-18)9-10-24(3,32)11-12-29(4)16-30/h6-8,13-14,16,27,32H,11-12,15H2,1-5H3,(H2,25,31). The van der Waals surface area contributed by atoms with Gasteiger partial charge >= 0.3 is 0 Å². The Morgan fingerprint density at radius 2 is 2.09 bits per heavy atom. The first-order valence-corrected chi connectivity index (χ1v) is 10.4. The average molecular weight is 454 g/mol. The second kappa shape index (κ2) is 10.9. The highest BCUT2D eigenvalue weighted by molar-refractivity contribution is 5.96. The summed E-state index contributed by atoms with van der Waals surface area (Å²) in [4.78, 5) is 32.9. The van der Waals surface area contributed by atoms with Gasteiger partial charge in [0.2, 0.25) is 6.41 Å². The van der Waals surface area contributed by atoms with Crippen LogP contribution in [0, 0.1) is 11.8 Å². The number of carbonyl (C=O) groups excluding carboxylic acids is 2. The first kappa shape index (κ1) is 25.8. The van der Waals surface area contributed by atoms with Crippen LogP contribution in [-0.2, 0) is 9.53 Å². The Bertz CT molecular complexity index is 1060. The van der Waals surface area contributed by atoms with Crippen LogP contribution >= 0.6 is 0 Å². The van der Waals surface area contributed by atoms with Gasteiger partial charge in [-0.3, -0.25) is 9.59 Å². The van der Waals surface area contributed by atoms with Gasteiger partial charge in [-0.2, -0.15) is 0 Å². The van der Waals surface area contributed by atoms with E-state index in [0.29, 0.717) is 48.6 Å². The molecule has 4 N–H and O–H groups in total. The van der Waals surface area contributed by atoms with E-state index in [4.69, 9.17) is 10.5 Å². The van der Waals surface area contributed by atoms with E-state index in [1.807, 2.05) is 13.8 Å². The lowest BCUT2D eigenvalue weighted by molar-refractivity contribution is -0.117. The number of anilines is 1. The molecule has 0 spiro atoms. The summed E-state index contributed by atoms with van der Waals surface area (Å²) in [5.41, 5.74) is 5.62. The maximum Gasteiger partial charge on any atom is 0.269 e. The van der Waals surface area contributed by atoms with Crippen molar-refractivity contribution in [3.8, 4) is 23.2 Å². The zero-order chi connectivity index (χ0) is 24.6. The Morgan fingerprint density at radius 3 is 2.73 bits per heavy atom. The van der Waals surface area contributed by atoms with Crippen LogP contribution in [0.25, 0.3) is 11.4 Å². The van der Waals surface area contributed by atoms with Crippen molar-refractivity contribution in [3.05, 3.63) is 41.7 Å². The monoisotopic (exact) mass is 453 g/mol. The van der Waals surface area contributed by atoms with Crippen molar-refractivity contribution >= 4 is 18.0 Å². The van der Waals surface area contributed by atoms with E-state index >= 15 is 0 Å². The van der Waals surface area contributed by atoms with Crippen molar-refractivity contribution in [2.75, 3.05) is 32.6 Å². The number of rotatable bonds is 10. The Labute approximate surface area is 194 Å². The Hall–Kier alpha value is -3.48. The van der Waals surface area contributed by atoms with Gasteiger partial charge < -0.3 is 25.8 Å². The third kappa shape index (κ3) is 7.86. The highest BCUT2D eigenvalue weighted by atomic mass is 16.5. The molecule has 0 aliphatic rings. The number of primary amides is 1. The number of hydrogen-bond donors (Lipinski definition) is 3. The van der Waals surface area contributed by atoms with Crippen LogP contribution in [0.15, 0.2) is 30.5 Å². The van der Waals surface area contributed by atoms with Crippen LogP contribution in [0.4, 0.5) is 5.69 Å². The van der Waals surface area contributed by atoms with E-state index in [-0.39, 0.29) is 5.69 Å². The topological polar surface area (TPSA) is 131 Å². The van der Waals surface area contributed by atoms with Crippen LogP contribution in [0.2, 0.25) is 0 Å². The summed E-state index contributed by atoms with van der Waals surface area (Å²) in [5, 5.41) is 13.6. The maximum absolute atomic E-state index is 12.0. The van der Waals surface area contributed by atoms with Crippen molar-refractivity contribution < 1.29 is 19.4 Å². The second-order valence-electron chi connectivity index (χ2n) is 8.58. The summed E-state index contributed by atoms with van der Waals surface area (Å²) in [6, 6.07) is 7.14. The number of nitrogens with zero attached hydrogens (tertiary/aromatic N) is 3. The van der Waals surface area contributed by atoms with E-state index < -0.39 is 17.1 Å². The smallest absolute Gasteiger partial charge is 0.269 e. The third-order valence-corrected chi connectivity index (χ3v) is 5.01. The van der Waals surface area contributed by atoms with Crippen molar-refractivity contribution in [1.82, 2.24) is 14.9 Å². The Morgan fingerprint density at radius 1 is 1.36 bits per heavy atom. The number of methoxy groups -OCH3 is 1.